The molecule has 0 amide bonds. The van der Waals surface area contributed by atoms with Gasteiger partial charge in [0.2, 0.25) is 0 Å². The van der Waals surface area contributed by atoms with Gasteiger partial charge in [0.25, 0.3) is 0 Å². The molecule has 1 aliphatic carbocycles. The van der Waals surface area contributed by atoms with Crippen LogP contribution < -0.4 is 0 Å². The molecule has 0 aromatic heterocycles. The summed E-state index contributed by atoms with van der Waals surface area (Å²) in [7, 11) is 0. The van der Waals surface area contributed by atoms with Gasteiger partial charge < -0.3 is 4.74 Å². The van der Waals surface area contributed by atoms with Crippen molar-refractivity contribution in [2.75, 3.05) is 0 Å². The molecule has 1 unspecified atom stereocenters. The maximum Gasteiger partial charge on any atom is 0.306 e. The highest BCUT2D eigenvalue weighted by molar-refractivity contribution is 5.72. The number of cyclic esters (lactones) is 1. The van der Waals surface area contributed by atoms with Crippen molar-refractivity contribution >= 4 is 5.97 Å². The highest BCUT2D eigenvalue weighted by atomic mass is 16.5. The lowest BCUT2D eigenvalue weighted by molar-refractivity contribution is -0.140. The van der Waals surface area contributed by atoms with Crippen molar-refractivity contribution < 1.29 is 9.53 Å². The smallest absolute Gasteiger partial charge is 0.306 e. The van der Waals surface area contributed by atoms with Crippen molar-refractivity contribution in [3.63, 3.8) is 0 Å². The Morgan fingerprint density at radius 3 is 2.79 bits per heavy atom. The zero-order valence-electron chi connectivity index (χ0n) is 8.63. The summed E-state index contributed by atoms with van der Waals surface area (Å²) >= 11 is 0. The molecule has 0 radical (unpaired) electrons. The van der Waals surface area contributed by atoms with Crippen LogP contribution >= 0.6 is 0 Å². The van der Waals surface area contributed by atoms with Crippen molar-refractivity contribution in [2.24, 2.45) is 0 Å². The lowest BCUT2D eigenvalue weighted by atomic mass is 9.95. The first-order chi connectivity index (χ1) is 6.86. The second-order valence-electron chi connectivity index (χ2n) is 4.25. The van der Waals surface area contributed by atoms with E-state index in [9.17, 15) is 4.79 Å². The van der Waals surface area contributed by atoms with E-state index in [2.05, 4.69) is 6.08 Å². The van der Waals surface area contributed by atoms with Gasteiger partial charge in [-0.25, -0.2) is 0 Å². The maximum atomic E-state index is 11.0. The third kappa shape index (κ3) is 2.37. The Labute approximate surface area is 85.3 Å². The molecule has 0 aromatic rings. The van der Waals surface area contributed by atoms with Gasteiger partial charge in [-0.3, -0.25) is 4.79 Å². The van der Waals surface area contributed by atoms with E-state index in [1.54, 1.807) is 0 Å². The average molecular weight is 194 g/mol. The third-order valence-electron chi connectivity index (χ3n) is 3.12. The summed E-state index contributed by atoms with van der Waals surface area (Å²) in [6.45, 7) is 0. The van der Waals surface area contributed by atoms with Gasteiger partial charge in [0.1, 0.15) is 6.10 Å². The van der Waals surface area contributed by atoms with Crippen molar-refractivity contribution in [3.8, 4) is 0 Å². The Morgan fingerprint density at radius 2 is 2.00 bits per heavy atom. The van der Waals surface area contributed by atoms with E-state index < -0.39 is 0 Å². The lowest BCUT2D eigenvalue weighted by Crippen LogP contribution is -2.11. The second kappa shape index (κ2) is 4.63. The molecule has 0 bridgehead atoms. The van der Waals surface area contributed by atoms with Crippen LogP contribution in [0.15, 0.2) is 11.6 Å². The summed E-state index contributed by atoms with van der Waals surface area (Å²) in [6.07, 6.45) is 11.5. The topological polar surface area (TPSA) is 26.3 Å². The number of hydrogen-bond acceptors (Lipinski definition) is 2. The van der Waals surface area contributed by atoms with Gasteiger partial charge in [0, 0.05) is 6.42 Å². The first kappa shape index (κ1) is 9.75. The molecule has 1 saturated heterocycles. The molecule has 0 aromatic carbocycles. The molecule has 0 spiro atoms. The predicted molar refractivity (Wildman–Crippen MR) is 54.9 cm³/mol. The Balaban J connectivity index is 1.96. The molecule has 0 N–H and O–H groups in total. The zero-order chi connectivity index (χ0) is 9.80. The molecule has 2 rings (SSSR count). The van der Waals surface area contributed by atoms with E-state index in [0.717, 1.165) is 12.8 Å². The highest BCUT2D eigenvalue weighted by Gasteiger charge is 2.26. The second-order valence-corrected chi connectivity index (χ2v) is 4.25. The van der Waals surface area contributed by atoms with Crippen molar-refractivity contribution in [3.05, 3.63) is 11.6 Å². The molecule has 78 valence electrons. The molecular formula is C12H18O2. The van der Waals surface area contributed by atoms with Gasteiger partial charge in [0.15, 0.2) is 0 Å². The van der Waals surface area contributed by atoms with E-state index in [0.29, 0.717) is 6.42 Å². The normalized spacial score (nSPS) is 32.7. The Bertz CT molecular complexity index is 243. The number of rotatable bonds is 1. The van der Waals surface area contributed by atoms with E-state index >= 15 is 0 Å². The molecule has 2 aliphatic rings. The summed E-state index contributed by atoms with van der Waals surface area (Å²) in [5.41, 5.74) is 1.38. The lowest BCUT2D eigenvalue weighted by Gasteiger charge is -2.16. The molecule has 1 atom stereocenters. The van der Waals surface area contributed by atoms with Crippen molar-refractivity contribution in [2.45, 2.75) is 57.5 Å². The molecule has 1 fully saturated rings. The minimum atomic E-state index is -0.0158. The summed E-state index contributed by atoms with van der Waals surface area (Å²) in [5, 5.41) is 0. The van der Waals surface area contributed by atoms with Gasteiger partial charge >= 0.3 is 5.97 Å². The Kier molecular flexibility index (Phi) is 3.22. The molecular weight excluding hydrogens is 176 g/mol. The molecule has 1 heterocycles. The maximum absolute atomic E-state index is 11.0. The van der Waals surface area contributed by atoms with E-state index in [4.69, 9.17) is 4.74 Å². The molecule has 14 heavy (non-hydrogen) atoms. The van der Waals surface area contributed by atoms with Crippen LogP contribution in [0.25, 0.3) is 0 Å². The molecule has 2 nitrogen and oxygen atoms in total. The number of carbonyl (C=O) groups excluding carboxylic acids is 1. The van der Waals surface area contributed by atoms with Crippen LogP contribution in [0.1, 0.15) is 51.4 Å². The van der Waals surface area contributed by atoms with Crippen molar-refractivity contribution in [1.29, 1.82) is 0 Å². The van der Waals surface area contributed by atoms with Crippen LogP contribution in [0.4, 0.5) is 0 Å². The number of hydrogen-bond donors (Lipinski definition) is 0. The highest BCUT2D eigenvalue weighted by Crippen LogP contribution is 2.27. The van der Waals surface area contributed by atoms with Gasteiger partial charge in [0.05, 0.1) is 0 Å². The Morgan fingerprint density at radius 1 is 1.14 bits per heavy atom. The fraction of sp³-hybridized carbons (Fsp3) is 0.750. The summed E-state index contributed by atoms with van der Waals surface area (Å²) in [5.74, 6) is -0.0158. The van der Waals surface area contributed by atoms with Crippen LogP contribution in [0.2, 0.25) is 0 Å². The summed E-state index contributed by atoms with van der Waals surface area (Å²) in [4.78, 5) is 11.0. The number of esters is 1. The quantitative estimate of drug-likeness (QED) is 0.474. The fourth-order valence-corrected chi connectivity index (χ4v) is 2.30. The largest absolute Gasteiger partial charge is 0.458 e. The van der Waals surface area contributed by atoms with Crippen LogP contribution in [0, 0.1) is 0 Å². The van der Waals surface area contributed by atoms with Crippen LogP contribution in [0.3, 0.4) is 0 Å². The number of allylic oxidation sites excluding steroid dienone is 1. The van der Waals surface area contributed by atoms with E-state index in [1.807, 2.05) is 0 Å². The number of ether oxygens (including phenoxy) is 1. The standard InChI is InChI=1S/C12H18O2/c13-12-9-8-11(14-12)10-6-4-2-1-3-5-7-10/h6,11H,1-5,7-9H2/b10-6+. The summed E-state index contributed by atoms with van der Waals surface area (Å²) in [6, 6.07) is 0. The fourth-order valence-electron chi connectivity index (χ4n) is 2.30. The van der Waals surface area contributed by atoms with Gasteiger partial charge in [-0.05, 0) is 37.7 Å². The molecule has 0 saturated carbocycles. The van der Waals surface area contributed by atoms with E-state index in [1.165, 1.54) is 37.7 Å². The molecule has 2 heteroatoms. The zero-order valence-corrected chi connectivity index (χ0v) is 8.63. The first-order valence-corrected chi connectivity index (χ1v) is 5.74. The van der Waals surface area contributed by atoms with Crippen LogP contribution in [-0.4, -0.2) is 12.1 Å². The SMILES string of the molecule is O=C1CCC(/C2=C/CCCCCC2)O1. The van der Waals surface area contributed by atoms with Gasteiger partial charge in [-0.15, -0.1) is 0 Å². The Hall–Kier alpha value is -0.790. The van der Waals surface area contributed by atoms with E-state index in [-0.39, 0.29) is 12.1 Å². The third-order valence-corrected chi connectivity index (χ3v) is 3.12. The molecule has 1 aliphatic heterocycles. The predicted octanol–water partition coefficient (Wildman–Crippen LogP) is 2.97. The minimum Gasteiger partial charge on any atom is -0.458 e. The van der Waals surface area contributed by atoms with Crippen LogP contribution in [-0.2, 0) is 9.53 Å². The first-order valence-electron chi connectivity index (χ1n) is 5.74. The number of carbonyl (C=O) groups is 1. The van der Waals surface area contributed by atoms with Crippen LogP contribution in [0.5, 0.6) is 0 Å². The average Bonchev–Trinajstić information content (AvgIpc) is 2.51. The monoisotopic (exact) mass is 194 g/mol. The van der Waals surface area contributed by atoms with Gasteiger partial charge in [-0.2, -0.15) is 0 Å². The summed E-state index contributed by atoms with van der Waals surface area (Å²) < 4.78 is 5.29. The van der Waals surface area contributed by atoms with Gasteiger partial charge in [-0.1, -0.05) is 18.9 Å². The minimum absolute atomic E-state index is 0.0158. The van der Waals surface area contributed by atoms with Crippen molar-refractivity contribution in [1.82, 2.24) is 0 Å².